The minimum absolute atomic E-state index is 0.123. The molecule has 3 aromatic rings. The Balaban J connectivity index is 1.69. The summed E-state index contributed by atoms with van der Waals surface area (Å²) in [7, 11) is 0. The molecule has 7 nitrogen and oxygen atoms in total. The fraction of sp³-hybridized carbons (Fsp3) is 0.176. The first-order valence-electron chi connectivity index (χ1n) is 7.74. The van der Waals surface area contributed by atoms with Crippen molar-refractivity contribution in [3.05, 3.63) is 71.8 Å². The van der Waals surface area contributed by atoms with Gasteiger partial charge in [0, 0.05) is 12.2 Å². The van der Waals surface area contributed by atoms with E-state index in [1.165, 1.54) is 12.1 Å². The second-order valence-corrected chi connectivity index (χ2v) is 5.42. The second kappa shape index (κ2) is 8.00. The van der Waals surface area contributed by atoms with Crippen LogP contribution in [0, 0.1) is 5.82 Å². The lowest BCUT2D eigenvalue weighted by atomic mass is 10.2. The van der Waals surface area contributed by atoms with Gasteiger partial charge in [0.15, 0.2) is 5.82 Å². The van der Waals surface area contributed by atoms with Gasteiger partial charge in [0.2, 0.25) is 5.91 Å². The van der Waals surface area contributed by atoms with Gasteiger partial charge >= 0.3 is 0 Å². The molecule has 2 N–H and O–H groups in total. The van der Waals surface area contributed by atoms with Gasteiger partial charge in [0.1, 0.15) is 5.82 Å². The summed E-state index contributed by atoms with van der Waals surface area (Å²) >= 11 is 0. The lowest BCUT2D eigenvalue weighted by molar-refractivity contribution is -0.120. The average molecular weight is 340 g/mol. The molecule has 1 aromatic heterocycles. The number of tetrazole rings is 1. The molecule has 0 fully saturated rings. The number of rotatable bonds is 7. The highest BCUT2D eigenvalue weighted by Gasteiger charge is 2.13. The van der Waals surface area contributed by atoms with E-state index < -0.39 is 0 Å². The van der Waals surface area contributed by atoms with Crippen molar-refractivity contribution in [1.29, 1.82) is 0 Å². The number of carbonyl (C=O) groups excluding carboxylic acids is 1. The lowest BCUT2D eigenvalue weighted by Gasteiger charge is -2.24. The molecule has 0 bridgehead atoms. The van der Waals surface area contributed by atoms with Gasteiger partial charge in [0.05, 0.1) is 13.1 Å². The van der Waals surface area contributed by atoms with Gasteiger partial charge in [0.25, 0.3) is 0 Å². The fourth-order valence-electron chi connectivity index (χ4n) is 2.36. The number of halogens is 1. The van der Waals surface area contributed by atoms with Gasteiger partial charge in [-0.25, -0.2) is 4.39 Å². The zero-order chi connectivity index (χ0) is 17.5. The van der Waals surface area contributed by atoms with Crippen molar-refractivity contribution < 1.29 is 9.18 Å². The molecule has 1 heterocycles. The van der Waals surface area contributed by atoms with Crippen molar-refractivity contribution in [2.75, 3.05) is 11.4 Å². The summed E-state index contributed by atoms with van der Waals surface area (Å²) in [6.45, 7) is 0.846. The van der Waals surface area contributed by atoms with Crippen molar-refractivity contribution in [1.82, 2.24) is 25.9 Å². The molecule has 3 rings (SSSR count). The summed E-state index contributed by atoms with van der Waals surface area (Å²) in [5, 5.41) is 16.1. The third-order valence-corrected chi connectivity index (χ3v) is 3.58. The van der Waals surface area contributed by atoms with E-state index in [1.54, 1.807) is 12.1 Å². The van der Waals surface area contributed by atoms with E-state index in [-0.39, 0.29) is 24.8 Å². The first kappa shape index (κ1) is 16.6. The van der Waals surface area contributed by atoms with Gasteiger partial charge in [-0.2, -0.15) is 5.21 Å². The van der Waals surface area contributed by atoms with Crippen LogP contribution >= 0.6 is 0 Å². The molecule has 0 aliphatic rings. The number of anilines is 1. The maximum absolute atomic E-state index is 13.2. The quantitative estimate of drug-likeness (QED) is 0.683. The number of aromatic amines is 1. The van der Waals surface area contributed by atoms with Crippen LogP contribution in [0.2, 0.25) is 0 Å². The smallest absolute Gasteiger partial charge is 0.239 e. The molecule has 25 heavy (non-hydrogen) atoms. The summed E-state index contributed by atoms with van der Waals surface area (Å²) in [6, 6.07) is 15.8. The fourth-order valence-corrected chi connectivity index (χ4v) is 2.36. The van der Waals surface area contributed by atoms with Crippen LogP contribution in [0.15, 0.2) is 54.6 Å². The van der Waals surface area contributed by atoms with Gasteiger partial charge in [-0.3, -0.25) is 4.79 Å². The number of benzene rings is 2. The maximum atomic E-state index is 13.2. The van der Waals surface area contributed by atoms with Crippen LogP contribution in [0.3, 0.4) is 0 Å². The lowest BCUT2D eigenvalue weighted by Crippen LogP contribution is -2.37. The highest BCUT2D eigenvalue weighted by Crippen LogP contribution is 2.17. The van der Waals surface area contributed by atoms with E-state index in [1.807, 2.05) is 35.2 Å². The minimum Gasteiger partial charge on any atom is -0.358 e. The Bertz CT molecular complexity index is 792. The monoisotopic (exact) mass is 340 g/mol. The van der Waals surface area contributed by atoms with Gasteiger partial charge in [-0.05, 0) is 29.8 Å². The van der Waals surface area contributed by atoms with Crippen LogP contribution in [0.25, 0.3) is 0 Å². The average Bonchev–Trinajstić information content (AvgIpc) is 3.15. The third-order valence-electron chi connectivity index (χ3n) is 3.58. The number of carbonyl (C=O) groups is 1. The Morgan fingerprint density at radius 2 is 1.88 bits per heavy atom. The van der Waals surface area contributed by atoms with Crippen molar-refractivity contribution in [3.8, 4) is 0 Å². The number of aromatic nitrogens is 4. The molecule has 0 saturated carbocycles. The highest BCUT2D eigenvalue weighted by atomic mass is 19.1. The van der Waals surface area contributed by atoms with E-state index >= 15 is 0 Å². The Kier molecular flexibility index (Phi) is 5.30. The number of nitrogens with one attached hydrogen (secondary N) is 2. The van der Waals surface area contributed by atoms with E-state index in [4.69, 9.17) is 0 Å². The van der Waals surface area contributed by atoms with Gasteiger partial charge < -0.3 is 10.2 Å². The van der Waals surface area contributed by atoms with Crippen molar-refractivity contribution >= 4 is 11.6 Å². The van der Waals surface area contributed by atoms with Crippen LogP contribution in [0.4, 0.5) is 10.1 Å². The van der Waals surface area contributed by atoms with Gasteiger partial charge in [-0.15, -0.1) is 10.2 Å². The topological polar surface area (TPSA) is 86.8 Å². The molecular weight excluding hydrogens is 323 g/mol. The SMILES string of the molecule is O=C(CN(Cc1ccccc1)c1ccc(F)cc1)NCc1nn[nH]n1. The largest absolute Gasteiger partial charge is 0.358 e. The summed E-state index contributed by atoms with van der Waals surface area (Å²) in [4.78, 5) is 14.1. The van der Waals surface area contributed by atoms with Gasteiger partial charge in [-0.1, -0.05) is 35.5 Å². The zero-order valence-electron chi connectivity index (χ0n) is 13.4. The Labute approximate surface area is 143 Å². The van der Waals surface area contributed by atoms with E-state index in [0.717, 1.165) is 11.3 Å². The summed E-state index contributed by atoms with van der Waals surface area (Å²) in [5.41, 5.74) is 1.82. The second-order valence-electron chi connectivity index (χ2n) is 5.42. The number of amides is 1. The van der Waals surface area contributed by atoms with E-state index in [2.05, 4.69) is 25.9 Å². The summed E-state index contributed by atoms with van der Waals surface area (Å²) in [6.07, 6.45) is 0. The van der Waals surface area contributed by atoms with E-state index in [9.17, 15) is 9.18 Å². The van der Waals surface area contributed by atoms with Crippen LogP contribution in [0.1, 0.15) is 11.4 Å². The predicted molar refractivity (Wildman–Crippen MR) is 89.9 cm³/mol. The van der Waals surface area contributed by atoms with Crippen LogP contribution < -0.4 is 10.2 Å². The van der Waals surface area contributed by atoms with Crippen LogP contribution in [0.5, 0.6) is 0 Å². The summed E-state index contributed by atoms with van der Waals surface area (Å²) < 4.78 is 13.2. The standard InChI is InChI=1S/C17H17FN6O/c18-14-6-8-15(9-7-14)24(11-13-4-2-1-3-5-13)12-17(25)19-10-16-20-22-23-21-16/h1-9H,10-12H2,(H,19,25)(H,20,21,22,23). The predicted octanol–water partition coefficient (Wildman–Crippen LogP) is 1.66. The zero-order valence-corrected chi connectivity index (χ0v) is 13.4. The van der Waals surface area contributed by atoms with Crippen molar-refractivity contribution in [2.24, 2.45) is 0 Å². The molecular formula is C17H17FN6O. The Morgan fingerprint density at radius 1 is 1.12 bits per heavy atom. The molecule has 2 aromatic carbocycles. The third kappa shape index (κ3) is 4.84. The number of H-pyrrole nitrogens is 1. The molecule has 8 heteroatoms. The molecule has 0 atom stereocenters. The first-order chi connectivity index (χ1) is 12.2. The number of hydrogen-bond donors (Lipinski definition) is 2. The Hall–Kier alpha value is -3.29. The maximum Gasteiger partial charge on any atom is 0.239 e. The van der Waals surface area contributed by atoms with Crippen LogP contribution in [-0.2, 0) is 17.9 Å². The minimum atomic E-state index is -0.315. The molecule has 0 unspecified atom stereocenters. The van der Waals surface area contributed by atoms with Crippen molar-refractivity contribution in [3.63, 3.8) is 0 Å². The summed E-state index contributed by atoms with van der Waals surface area (Å²) in [5.74, 6) is -0.0974. The molecule has 0 aliphatic carbocycles. The molecule has 1 amide bonds. The molecule has 0 saturated heterocycles. The molecule has 0 spiro atoms. The number of nitrogens with zero attached hydrogens (tertiary/aromatic N) is 4. The van der Waals surface area contributed by atoms with E-state index in [0.29, 0.717) is 12.4 Å². The van der Waals surface area contributed by atoms with Crippen molar-refractivity contribution in [2.45, 2.75) is 13.1 Å². The van der Waals surface area contributed by atoms with Crippen LogP contribution in [-0.4, -0.2) is 33.1 Å². The Morgan fingerprint density at radius 3 is 2.56 bits per heavy atom. The molecule has 0 radical (unpaired) electrons. The number of hydrogen-bond acceptors (Lipinski definition) is 5. The molecule has 128 valence electrons. The first-order valence-corrected chi connectivity index (χ1v) is 7.74. The molecule has 0 aliphatic heterocycles. The normalized spacial score (nSPS) is 10.4. The highest BCUT2D eigenvalue weighted by molar-refractivity contribution is 5.81.